The zero-order valence-corrected chi connectivity index (χ0v) is 15.0. The van der Waals surface area contributed by atoms with Gasteiger partial charge in [-0.05, 0) is 44.2 Å². The van der Waals surface area contributed by atoms with Crippen LogP contribution in [-0.2, 0) is 0 Å². The molecule has 5 heteroatoms. The minimum Gasteiger partial charge on any atom is -0.348 e. The average molecular weight is 353 g/mol. The lowest BCUT2D eigenvalue weighted by Crippen LogP contribution is -2.59. The highest BCUT2D eigenvalue weighted by Gasteiger charge is 2.34. The Morgan fingerprint density at radius 1 is 1.08 bits per heavy atom. The van der Waals surface area contributed by atoms with Gasteiger partial charge in [0, 0.05) is 18.1 Å². The van der Waals surface area contributed by atoms with Crippen LogP contribution >= 0.6 is 11.6 Å². The molecule has 132 valence electrons. The highest BCUT2D eigenvalue weighted by molar-refractivity contribution is 6.34. The van der Waals surface area contributed by atoms with Gasteiger partial charge in [-0.3, -0.25) is 4.79 Å². The first-order chi connectivity index (χ1) is 11.6. The van der Waals surface area contributed by atoms with Crippen molar-refractivity contribution < 1.29 is 9.18 Å². The number of carbonyl (C=O) groups is 1. The van der Waals surface area contributed by atoms with Crippen molar-refractivity contribution >= 4 is 17.5 Å². The molecule has 0 aromatic heterocycles. The first-order valence-electron chi connectivity index (χ1n) is 9.08. The van der Waals surface area contributed by atoms with Crippen LogP contribution in [0.4, 0.5) is 4.39 Å². The summed E-state index contributed by atoms with van der Waals surface area (Å²) in [5.41, 5.74) is 0.682. The summed E-state index contributed by atoms with van der Waals surface area (Å²) in [6.07, 6.45) is 9.65. The predicted molar refractivity (Wildman–Crippen MR) is 95.0 cm³/mol. The standard InChI is InChI=1S/C19H26ClFN2O/c1-12-8-9-14(21)17(18(12)20)19(24)23-16-11-10-15(16)22-13-6-4-2-3-5-7-13/h8-9,13,15-16,22H,2-7,10-11H2,1H3,(H,23,24). The first-order valence-corrected chi connectivity index (χ1v) is 9.45. The summed E-state index contributed by atoms with van der Waals surface area (Å²) in [5.74, 6) is -0.964. The zero-order chi connectivity index (χ0) is 17.1. The second-order valence-electron chi connectivity index (χ2n) is 7.17. The molecular weight excluding hydrogens is 327 g/mol. The van der Waals surface area contributed by atoms with Crippen molar-refractivity contribution in [1.82, 2.24) is 10.6 Å². The minimum atomic E-state index is -0.560. The topological polar surface area (TPSA) is 41.1 Å². The van der Waals surface area contributed by atoms with Gasteiger partial charge in [-0.25, -0.2) is 4.39 Å². The van der Waals surface area contributed by atoms with Gasteiger partial charge in [-0.1, -0.05) is 43.4 Å². The van der Waals surface area contributed by atoms with Gasteiger partial charge in [0.15, 0.2) is 0 Å². The third-order valence-electron chi connectivity index (χ3n) is 5.41. The largest absolute Gasteiger partial charge is 0.348 e. The fourth-order valence-electron chi connectivity index (χ4n) is 3.73. The lowest BCUT2D eigenvalue weighted by atomic mass is 9.85. The summed E-state index contributed by atoms with van der Waals surface area (Å²) in [5, 5.41) is 6.88. The van der Waals surface area contributed by atoms with Crippen LogP contribution in [0, 0.1) is 12.7 Å². The normalized spacial score (nSPS) is 25.0. The molecule has 1 aromatic carbocycles. The van der Waals surface area contributed by atoms with Crippen LogP contribution in [0.15, 0.2) is 12.1 Å². The monoisotopic (exact) mass is 352 g/mol. The number of benzene rings is 1. The molecule has 2 atom stereocenters. The van der Waals surface area contributed by atoms with Gasteiger partial charge in [0.25, 0.3) is 5.91 Å². The lowest BCUT2D eigenvalue weighted by Gasteiger charge is -2.40. The Hall–Kier alpha value is -1.13. The molecule has 2 N–H and O–H groups in total. The van der Waals surface area contributed by atoms with E-state index in [1.807, 2.05) is 0 Å². The van der Waals surface area contributed by atoms with Gasteiger partial charge in [0.1, 0.15) is 5.82 Å². The number of hydrogen-bond acceptors (Lipinski definition) is 2. The summed E-state index contributed by atoms with van der Waals surface area (Å²) < 4.78 is 14.0. The SMILES string of the molecule is Cc1ccc(F)c(C(=O)NC2CCC2NC2CCCCCC2)c1Cl. The van der Waals surface area contributed by atoms with Crippen molar-refractivity contribution in [2.75, 3.05) is 0 Å². The maximum absolute atomic E-state index is 14.0. The molecule has 1 aromatic rings. The molecule has 0 heterocycles. The van der Waals surface area contributed by atoms with E-state index in [0.29, 0.717) is 17.6 Å². The van der Waals surface area contributed by atoms with E-state index in [4.69, 9.17) is 11.6 Å². The highest BCUT2D eigenvalue weighted by Crippen LogP contribution is 2.27. The van der Waals surface area contributed by atoms with E-state index >= 15 is 0 Å². The molecule has 2 unspecified atom stereocenters. The van der Waals surface area contributed by atoms with Gasteiger partial charge < -0.3 is 10.6 Å². The molecule has 1 amide bonds. The van der Waals surface area contributed by atoms with Crippen molar-refractivity contribution in [2.45, 2.75) is 76.4 Å². The van der Waals surface area contributed by atoms with E-state index in [1.54, 1.807) is 13.0 Å². The maximum atomic E-state index is 14.0. The quantitative estimate of drug-likeness (QED) is 0.790. The molecule has 0 radical (unpaired) electrons. The smallest absolute Gasteiger partial charge is 0.256 e. The number of rotatable bonds is 4. The lowest BCUT2D eigenvalue weighted by molar-refractivity contribution is 0.0883. The van der Waals surface area contributed by atoms with Crippen molar-refractivity contribution in [3.8, 4) is 0 Å². The Kier molecular flexibility index (Phi) is 5.77. The van der Waals surface area contributed by atoms with Gasteiger partial charge >= 0.3 is 0 Å². The summed E-state index contributed by atoms with van der Waals surface area (Å²) >= 11 is 6.13. The second-order valence-corrected chi connectivity index (χ2v) is 7.55. The number of amides is 1. The van der Waals surface area contributed by atoms with Crippen LogP contribution in [0.3, 0.4) is 0 Å². The summed E-state index contributed by atoms with van der Waals surface area (Å²) in [4.78, 5) is 12.5. The van der Waals surface area contributed by atoms with E-state index in [0.717, 1.165) is 12.8 Å². The minimum absolute atomic E-state index is 0.0308. The molecule has 2 fully saturated rings. The summed E-state index contributed by atoms with van der Waals surface area (Å²) in [7, 11) is 0. The van der Waals surface area contributed by atoms with Crippen LogP contribution in [-0.4, -0.2) is 24.0 Å². The second kappa shape index (κ2) is 7.83. The molecule has 3 nitrogen and oxygen atoms in total. The van der Waals surface area contributed by atoms with Crippen molar-refractivity contribution in [3.63, 3.8) is 0 Å². The summed E-state index contributed by atoms with van der Waals surface area (Å²) in [6.45, 7) is 1.78. The number of carbonyl (C=O) groups excluding carboxylic acids is 1. The molecule has 0 bridgehead atoms. The Balaban J connectivity index is 1.60. The molecular formula is C19H26ClFN2O. The van der Waals surface area contributed by atoms with Crippen molar-refractivity contribution in [1.29, 1.82) is 0 Å². The van der Waals surface area contributed by atoms with E-state index in [9.17, 15) is 9.18 Å². The van der Waals surface area contributed by atoms with Crippen molar-refractivity contribution in [3.05, 3.63) is 34.1 Å². The fraction of sp³-hybridized carbons (Fsp3) is 0.632. The third-order valence-corrected chi connectivity index (χ3v) is 5.89. The number of nitrogens with one attached hydrogen (secondary N) is 2. The van der Waals surface area contributed by atoms with Crippen LogP contribution in [0.25, 0.3) is 0 Å². The van der Waals surface area contributed by atoms with E-state index < -0.39 is 11.7 Å². The third kappa shape index (κ3) is 3.92. The molecule has 2 aliphatic carbocycles. The molecule has 0 spiro atoms. The van der Waals surface area contributed by atoms with E-state index in [1.165, 1.54) is 44.6 Å². The van der Waals surface area contributed by atoms with Gasteiger partial charge in [-0.2, -0.15) is 0 Å². The molecule has 2 aliphatic rings. The zero-order valence-electron chi connectivity index (χ0n) is 14.2. The molecule has 2 saturated carbocycles. The Bertz CT molecular complexity index is 599. The van der Waals surface area contributed by atoms with Crippen LogP contribution < -0.4 is 10.6 Å². The first kappa shape index (κ1) is 17.7. The van der Waals surface area contributed by atoms with Crippen LogP contribution in [0.5, 0.6) is 0 Å². The van der Waals surface area contributed by atoms with Crippen molar-refractivity contribution in [2.24, 2.45) is 0 Å². The maximum Gasteiger partial charge on any atom is 0.256 e. The van der Waals surface area contributed by atoms with Gasteiger partial charge in [0.2, 0.25) is 0 Å². The van der Waals surface area contributed by atoms with E-state index in [-0.39, 0.29) is 16.6 Å². The van der Waals surface area contributed by atoms with Gasteiger partial charge in [-0.15, -0.1) is 0 Å². The Morgan fingerprint density at radius 2 is 1.75 bits per heavy atom. The van der Waals surface area contributed by atoms with Crippen LogP contribution in [0.2, 0.25) is 5.02 Å². The molecule has 24 heavy (non-hydrogen) atoms. The fourth-order valence-corrected chi connectivity index (χ4v) is 3.97. The molecule has 0 saturated heterocycles. The number of aryl methyl sites for hydroxylation is 1. The van der Waals surface area contributed by atoms with Gasteiger partial charge in [0.05, 0.1) is 10.6 Å². The number of hydrogen-bond donors (Lipinski definition) is 2. The Labute approximate surface area is 148 Å². The molecule has 3 rings (SSSR count). The van der Waals surface area contributed by atoms with Crippen LogP contribution in [0.1, 0.15) is 67.3 Å². The average Bonchev–Trinajstić information content (AvgIpc) is 2.82. The van der Waals surface area contributed by atoms with E-state index in [2.05, 4.69) is 10.6 Å². The Morgan fingerprint density at radius 3 is 2.38 bits per heavy atom. The predicted octanol–water partition coefficient (Wildman–Crippen LogP) is 4.36. The summed E-state index contributed by atoms with van der Waals surface area (Å²) in [6, 6.07) is 3.81. The molecule has 0 aliphatic heterocycles. The highest BCUT2D eigenvalue weighted by atomic mass is 35.5. The number of halogens is 2.